The van der Waals surface area contributed by atoms with Gasteiger partial charge in [-0.25, -0.2) is 8.78 Å². The highest BCUT2D eigenvalue weighted by atomic mass is 19.1. The molecule has 2 rings (SSSR count). The van der Waals surface area contributed by atoms with Crippen LogP contribution in [0.2, 0.25) is 0 Å². The molecule has 1 aliphatic carbocycles. The fourth-order valence-electron chi connectivity index (χ4n) is 1.80. The first-order chi connectivity index (χ1) is 7.61. The van der Waals surface area contributed by atoms with Crippen LogP contribution in [0, 0.1) is 17.6 Å². The van der Waals surface area contributed by atoms with Crippen molar-refractivity contribution >= 4 is 12.0 Å². The van der Waals surface area contributed by atoms with E-state index in [4.69, 9.17) is 0 Å². The fraction of sp³-hybridized carbons (Fsp3) is 0.417. The Morgan fingerprint density at radius 2 is 1.94 bits per heavy atom. The van der Waals surface area contributed by atoms with Crippen molar-refractivity contribution in [2.24, 2.45) is 5.92 Å². The Morgan fingerprint density at radius 3 is 2.38 bits per heavy atom. The van der Waals surface area contributed by atoms with Gasteiger partial charge in [-0.3, -0.25) is 4.79 Å². The molecule has 0 heterocycles. The van der Waals surface area contributed by atoms with E-state index in [0.29, 0.717) is 18.7 Å². The molecule has 0 aromatic heterocycles. The van der Waals surface area contributed by atoms with E-state index < -0.39 is 11.6 Å². The van der Waals surface area contributed by atoms with Gasteiger partial charge in [0.25, 0.3) is 0 Å². The zero-order valence-electron chi connectivity index (χ0n) is 9.04. The summed E-state index contributed by atoms with van der Waals surface area (Å²) in [6.07, 6.45) is 2.69. The van der Waals surface area contributed by atoms with Gasteiger partial charge < -0.3 is 4.90 Å². The van der Waals surface area contributed by atoms with Gasteiger partial charge in [-0.05, 0) is 30.9 Å². The molecule has 1 aromatic carbocycles. The number of carbonyl (C=O) groups is 1. The topological polar surface area (TPSA) is 20.3 Å². The normalized spacial score (nSPS) is 14.9. The second-order valence-electron chi connectivity index (χ2n) is 4.27. The van der Waals surface area contributed by atoms with Gasteiger partial charge in [-0.1, -0.05) is 0 Å². The van der Waals surface area contributed by atoms with Gasteiger partial charge >= 0.3 is 0 Å². The van der Waals surface area contributed by atoms with Crippen molar-refractivity contribution in [3.05, 3.63) is 29.3 Å². The molecular formula is C12H13F2NO. The first-order valence-corrected chi connectivity index (χ1v) is 5.27. The Labute approximate surface area is 92.9 Å². The average molecular weight is 225 g/mol. The minimum absolute atomic E-state index is 0.0265. The molecule has 2 nitrogen and oxygen atoms in total. The number of nitrogens with zero attached hydrogens (tertiary/aromatic N) is 1. The van der Waals surface area contributed by atoms with Crippen molar-refractivity contribution in [3.63, 3.8) is 0 Å². The fourth-order valence-corrected chi connectivity index (χ4v) is 1.80. The summed E-state index contributed by atoms with van der Waals surface area (Å²) in [7, 11) is 1.67. The highest BCUT2D eigenvalue weighted by molar-refractivity contribution is 5.76. The minimum Gasteiger partial charge on any atom is -0.370 e. The largest absolute Gasteiger partial charge is 0.370 e. The maximum atomic E-state index is 13.6. The van der Waals surface area contributed by atoms with Crippen molar-refractivity contribution in [3.8, 4) is 0 Å². The monoisotopic (exact) mass is 225 g/mol. The number of halogens is 2. The summed E-state index contributed by atoms with van der Waals surface area (Å²) < 4.78 is 27.2. The number of rotatable bonds is 4. The van der Waals surface area contributed by atoms with Crippen molar-refractivity contribution in [2.75, 3.05) is 18.5 Å². The average Bonchev–Trinajstić information content (AvgIpc) is 3.00. The van der Waals surface area contributed by atoms with Crippen molar-refractivity contribution in [1.82, 2.24) is 0 Å². The molecule has 0 aliphatic heterocycles. The Kier molecular flexibility index (Phi) is 2.90. The van der Waals surface area contributed by atoms with E-state index in [-0.39, 0.29) is 11.3 Å². The molecule has 0 spiro atoms. The lowest BCUT2D eigenvalue weighted by Crippen LogP contribution is -2.22. The Hall–Kier alpha value is -1.45. The molecule has 4 heteroatoms. The molecule has 16 heavy (non-hydrogen) atoms. The first kappa shape index (κ1) is 11.0. The standard InChI is InChI=1S/C12H13F2NO/c1-15(6-8-2-3-8)12-10(13)4-9(7-16)5-11(12)14/h4-5,7-8H,2-3,6H2,1H3. The molecule has 0 saturated heterocycles. The van der Waals surface area contributed by atoms with Crippen LogP contribution >= 0.6 is 0 Å². The van der Waals surface area contributed by atoms with Crippen LogP contribution in [-0.2, 0) is 0 Å². The van der Waals surface area contributed by atoms with Crippen molar-refractivity contribution in [1.29, 1.82) is 0 Å². The van der Waals surface area contributed by atoms with Gasteiger partial charge in [-0.2, -0.15) is 0 Å². The van der Waals surface area contributed by atoms with Crippen LogP contribution < -0.4 is 4.90 Å². The first-order valence-electron chi connectivity index (χ1n) is 5.27. The second-order valence-corrected chi connectivity index (χ2v) is 4.27. The smallest absolute Gasteiger partial charge is 0.150 e. The summed E-state index contributed by atoms with van der Waals surface area (Å²) in [6.45, 7) is 0.661. The molecule has 0 N–H and O–H groups in total. The molecule has 0 unspecified atom stereocenters. The third-order valence-electron chi connectivity index (χ3n) is 2.79. The zero-order chi connectivity index (χ0) is 11.7. The van der Waals surface area contributed by atoms with Crippen LogP contribution in [0.5, 0.6) is 0 Å². The van der Waals surface area contributed by atoms with E-state index in [1.54, 1.807) is 11.9 Å². The molecule has 0 amide bonds. The highest BCUT2D eigenvalue weighted by Gasteiger charge is 2.25. The van der Waals surface area contributed by atoms with E-state index in [9.17, 15) is 13.6 Å². The Morgan fingerprint density at radius 1 is 1.38 bits per heavy atom. The number of anilines is 1. The van der Waals surface area contributed by atoms with Gasteiger partial charge in [0, 0.05) is 19.2 Å². The quantitative estimate of drug-likeness (QED) is 0.734. The molecule has 1 saturated carbocycles. The number of aldehydes is 1. The van der Waals surface area contributed by atoms with Gasteiger partial charge in [0.15, 0.2) is 0 Å². The van der Waals surface area contributed by atoms with Crippen LogP contribution in [0.4, 0.5) is 14.5 Å². The van der Waals surface area contributed by atoms with E-state index >= 15 is 0 Å². The molecule has 1 aliphatic rings. The molecule has 0 radical (unpaired) electrons. The number of benzene rings is 1. The molecular weight excluding hydrogens is 212 g/mol. The third kappa shape index (κ3) is 2.21. The predicted octanol–water partition coefficient (Wildman–Crippen LogP) is 2.62. The minimum atomic E-state index is -0.676. The van der Waals surface area contributed by atoms with Crippen LogP contribution in [0.15, 0.2) is 12.1 Å². The third-order valence-corrected chi connectivity index (χ3v) is 2.79. The Bertz CT molecular complexity index is 392. The summed E-state index contributed by atoms with van der Waals surface area (Å²) in [6, 6.07) is 2.13. The molecule has 0 bridgehead atoms. The number of carbonyl (C=O) groups excluding carboxylic acids is 1. The van der Waals surface area contributed by atoms with E-state index in [2.05, 4.69) is 0 Å². The second kappa shape index (κ2) is 4.20. The predicted molar refractivity (Wildman–Crippen MR) is 57.7 cm³/mol. The molecule has 0 atom stereocenters. The van der Waals surface area contributed by atoms with Gasteiger partial charge in [-0.15, -0.1) is 0 Å². The zero-order valence-corrected chi connectivity index (χ0v) is 9.04. The van der Waals surface area contributed by atoms with E-state index in [0.717, 1.165) is 25.0 Å². The summed E-state index contributed by atoms with van der Waals surface area (Å²) in [5.41, 5.74) is -0.0175. The SMILES string of the molecule is CN(CC1CC1)c1c(F)cc(C=O)cc1F. The number of hydrogen-bond acceptors (Lipinski definition) is 2. The maximum absolute atomic E-state index is 13.6. The van der Waals surface area contributed by atoms with Crippen LogP contribution in [0.25, 0.3) is 0 Å². The summed E-state index contributed by atoms with van der Waals surface area (Å²) in [5.74, 6) is -0.801. The van der Waals surface area contributed by atoms with E-state index in [1.165, 1.54) is 0 Å². The molecule has 1 fully saturated rings. The van der Waals surface area contributed by atoms with Crippen LogP contribution in [0.3, 0.4) is 0 Å². The van der Waals surface area contributed by atoms with Crippen molar-refractivity contribution in [2.45, 2.75) is 12.8 Å². The summed E-state index contributed by atoms with van der Waals surface area (Å²) >= 11 is 0. The van der Waals surface area contributed by atoms with Crippen molar-refractivity contribution < 1.29 is 13.6 Å². The summed E-state index contributed by atoms with van der Waals surface area (Å²) in [4.78, 5) is 12.0. The maximum Gasteiger partial charge on any atom is 0.150 e. The van der Waals surface area contributed by atoms with Crippen LogP contribution in [0.1, 0.15) is 23.2 Å². The lowest BCUT2D eigenvalue weighted by atomic mass is 10.2. The van der Waals surface area contributed by atoms with Gasteiger partial charge in [0.2, 0.25) is 0 Å². The molecule has 1 aromatic rings. The number of hydrogen-bond donors (Lipinski definition) is 0. The molecule has 86 valence electrons. The van der Waals surface area contributed by atoms with E-state index in [1.807, 2.05) is 0 Å². The lowest BCUT2D eigenvalue weighted by Gasteiger charge is -2.20. The van der Waals surface area contributed by atoms with Crippen LogP contribution in [-0.4, -0.2) is 19.9 Å². The highest BCUT2D eigenvalue weighted by Crippen LogP contribution is 2.32. The lowest BCUT2D eigenvalue weighted by molar-refractivity contribution is 0.112. The summed E-state index contributed by atoms with van der Waals surface area (Å²) in [5, 5.41) is 0. The van der Waals surface area contributed by atoms with Gasteiger partial charge in [0.1, 0.15) is 23.6 Å². The Balaban J connectivity index is 2.27. The van der Waals surface area contributed by atoms with Gasteiger partial charge in [0.05, 0.1) is 0 Å².